The number of rotatable bonds is 7. The van der Waals surface area contributed by atoms with Crippen LogP contribution in [-0.4, -0.2) is 65.1 Å². The average Bonchev–Trinajstić information content (AvgIpc) is 3.27. The number of halogens is 2. The summed E-state index contributed by atoms with van der Waals surface area (Å²) in [6.07, 6.45) is 2.23. The van der Waals surface area contributed by atoms with Crippen LogP contribution in [0.15, 0.2) is 53.6 Å². The number of amides is 2. The molecule has 8 heteroatoms. The number of hydrogen-bond acceptors (Lipinski definition) is 4. The second-order valence-corrected chi connectivity index (χ2v) is 9.26. The number of piperazine rings is 1. The minimum atomic E-state index is -0.777. The molecule has 0 saturated carbocycles. The first-order chi connectivity index (χ1) is 16.8. The molecule has 2 aliphatic heterocycles. The van der Waals surface area contributed by atoms with Crippen molar-refractivity contribution in [2.24, 2.45) is 5.10 Å². The third-order valence-electron chi connectivity index (χ3n) is 7.03. The van der Waals surface area contributed by atoms with Crippen LogP contribution in [0.2, 0.25) is 0 Å². The number of carbonyl (C=O) groups is 2. The molecule has 2 aliphatic rings. The molecule has 6 nitrogen and oxygen atoms in total. The van der Waals surface area contributed by atoms with Gasteiger partial charge in [-0.15, -0.1) is 0 Å². The topological polar surface area (TPSA) is 56.2 Å². The Morgan fingerprint density at radius 2 is 1.74 bits per heavy atom. The molecule has 2 amide bonds. The highest BCUT2D eigenvalue weighted by molar-refractivity contribution is 6.04. The molecule has 0 N–H and O–H groups in total. The standard InChI is InChI=1S/C27H32F2N4O2/c1-3-26(35)32-16-14-31(15-17-32)13-7-12-27(21-8-5-4-6-9-21)19-25(30-33(27)20(2)34)23-18-22(28)10-11-24(23)29/h4-6,8-11,18H,3,7,12-17,19H2,1-2H3/t27-/m0/s1. The van der Waals surface area contributed by atoms with E-state index in [4.69, 9.17) is 0 Å². The summed E-state index contributed by atoms with van der Waals surface area (Å²) in [7, 11) is 0. The van der Waals surface area contributed by atoms with Crippen LogP contribution in [0.3, 0.4) is 0 Å². The molecule has 186 valence electrons. The summed E-state index contributed by atoms with van der Waals surface area (Å²) in [4.78, 5) is 29.0. The van der Waals surface area contributed by atoms with E-state index in [0.29, 0.717) is 25.0 Å². The number of hydrogen-bond donors (Lipinski definition) is 0. The third kappa shape index (κ3) is 5.27. The minimum Gasteiger partial charge on any atom is -0.340 e. The highest BCUT2D eigenvalue weighted by Gasteiger charge is 2.46. The van der Waals surface area contributed by atoms with Crippen LogP contribution < -0.4 is 0 Å². The van der Waals surface area contributed by atoms with Gasteiger partial charge in [0.1, 0.15) is 11.6 Å². The molecule has 35 heavy (non-hydrogen) atoms. The quantitative estimate of drug-likeness (QED) is 0.596. The summed E-state index contributed by atoms with van der Waals surface area (Å²) in [5, 5.41) is 5.99. The van der Waals surface area contributed by atoms with E-state index in [1.807, 2.05) is 42.2 Å². The molecule has 0 radical (unpaired) electrons. The van der Waals surface area contributed by atoms with Crippen molar-refractivity contribution in [3.63, 3.8) is 0 Å². The van der Waals surface area contributed by atoms with Gasteiger partial charge in [0, 0.05) is 51.5 Å². The molecular formula is C27H32F2N4O2. The average molecular weight is 483 g/mol. The largest absolute Gasteiger partial charge is 0.340 e. The van der Waals surface area contributed by atoms with Gasteiger partial charge in [-0.05, 0) is 43.1 Å². The van der Waals surface area contributed by atoms with E-state index in [2.05, 4.69) is 10.0 Å². The lowest BCUT2D eigenvalue weighted by atomic mass is 9.80. The SMILES string of the molecule is CCC(=O)N1CCN(CCC[C@@]2(c3ccccc3)CC(c3cc(F)ccc3F)=NN2C(C)=O)CC1. The first-order valence-electron chi connectivity index (χ1n) is 12.2. The van der Waals surface area contributed by atoms with Gasteiger partial charge in [0.25, 0.3) is 0 Å². The summed E-state index contributed by atoms with van der Waals surface area (Å²) in [5.41, 5.74) is 0.601. The van der Waals surface area contributed by atoms with E-state index in [-0.39, 0.29) is 17.4 Å². The van der Waals surface area contributed by atoms with Crippen LogP contribution >= 0.6 is 0 Å². The molecule has 2 aromatic carbocycles. The Balaban J connectivity index is 1.55. The third-order valence-corrected chi connectivity index (χ3v) is 7.03. The Hall–Kier alpha value is -3.13. The maximum atomic E-state index is 14.6. The Kier molecular flexibility index (Phi) is 7.60. The molecule has 4 rings (SSSR count). The fourth-order valence-electron chi connectivity index (χ4n) is 5.19. The highest BCUT2D eigenvalue weighted by atomic mass is 19.1. The van der Waals surface area contributed by atoms with Gasteiger partial charge >= 0.3 is 0 Å². The van der Waals surface area contributed by atoms with Crippen LogP contribution in [0.4, 0.5) is 8.78 Å². The molecule has 0 aromatic heterocycles. The molecule has 0 bridgehead atoms. The van der Waals surface area contributed by atoms with Crippen molar-refractivity contribution >= 4 is 17.5 Å². The van der Waals surface area contributed by atoms with Gasteiger partial charge in [0.05, 0.1) is 11.3 Å². The monoisotopic (exact) mass is 482 g/mol. The van der Waals surface area contributed by atoms with E-state index in [1.165, 1.54) is 11.9 Å². The van der Waals surface area contributed by atoms with Gasteiger partial charge in [0.2, 0.25) is 11.8 Å². The fraction of sp³-hybridized carbons (Fsp3) is 0.444. The molecule has 1 atom stereocenters. The van der Waals surface area contributed by atoms with Crippen molar-refractivity contribution in [3.05, 3.63) is 71.3 Å². The zero-order chi connectivity index (χ0) is 25.0. The lowest BCUT2D eigenvalue weighted by Gasteiger charge is -2.38. The van der Waals surface area contributed by atoms with Crippen LogP contribution in [-0.2, 0) is 15.1 Å². The zero-order valence-electron chi connectivity index (χ0n) is 20.3. The second-order valence-electron chi connectivity index (χ2n) is 9.26. The van der Waals surface area contributed by atoms with Crippen molar-refractivity contribution in [2.75, 3.05) is 32.7 Å². The zero-order valence-corrected chi connectivity index (χ0v) is 20.3. The fourth-order valence-corrected chi connectivity index (χ4v) is 5.19. The lowest BCUT2D eigenvalue weighted by Crippen LogP contribution is -2.49. The Bertz CT molecular complexity index is 1100. The Morgan fingerprint density at radius 3 is 2.40 bits per heavy atom. The van der Waals surface area contributed by atoms with Gasteiger partial charge in [-0.1, -0.05) is 37.3 Å². The van der Waals surface area contributed by atoms with Crippen LogP contribution in [0, 0.1) is 11.6 Å². The van der Waals surface area contributed by atoms with E-state index in [9.17, 15) is 18.4 Å². The Morgan fingerprint density at radius 1 is 1.03 bits per heavy atom. The molecule has 1 fully saturated rings. The first kappa shape index (κ1) is 25.0. The molecule has 0 unspecified atom stereocenters. The Labute approximate surface area is 205 Å². The maximum Gasteiger partial charge on any atom is 0.240 e. The van der Waals surface area contributed by atoms with Gasteiger partial charge in [-0.3, -0.25) is 14.5 Å². The second kappa shape index (κ2) is 10.6. The normalized spacial score (nSPS) is 20.7. The van der Waals surface area contributed by atoms with E-state index in [1.54, 1.807) is 0 Å². The van der Waals surface area contributed by atoms with Gasteiger partial charge in [0.15, 0.2) is 0 Å². The van der Waals surface area contributed by atoms with Crippen LogP contribution in [0.1, 0.15) is 50.7 Å². The molecule has 2 heterocycles. The van der Waals surface area contributed by atoms with Crippen molar-refractivity contribution < 1.29 is 18.4 Å². The van der Waals surface area contributed by atoms with Crippen molar-refractivity contribution in [1.82, 2.24) is 14.8 Å². The maximum absolute atomic E-state index is 14.6. The summed E-state index contributed by atoms with van der Waals surface area (Å²) in [6.45, 7) is 7.23. The van der Waals surface area contributed by atoms with E-state index in [0.717, 1.165) is 62.9 Å². The lowest BCUT2D eigenvalue weighted by molar-refractivity contribution is -0.135. The van der Waals surface area contributed by atoms with Crippen LogP contribution in [0.25, 0.3) is 0 Å². The summed E-state index contributed by atoms with van der Waals surface area (Å²) in [5.74, 6) is -1.16. The summed E-state index contributed by atoms with van der Waals surface area (Å²) in [6, 6.07) is 13.0. The molecule has 2 aromatic rings. The van der Waals surface area contributed by atoms with Crippen molar-refractivity contribution in [3.8, 4) is 0 Å². The van der Waals surface area contributed by atoms with Gasteiger partial charge in [-0.25, -0.2) is 13.8 Å². The minimum absolute atomic E-state index is 0.0887. The predicted octanol–water partition coefficient (Wildman–Crippen LogP) is 4.15. The molecule has 1 saturated heterocycles. The van der Waals surface area contributed by atoms with E-state index < -0.39 is 17.2 Å². The summed E-state index contributed by atoms with van der Waals surface area (Å²) >= 11 is 0. The molecule has 0 aliphatic carbocycles. The van der Waals surface area contributed by atoms with Crippen molar-refractivity contribution in [2.45, 2.75) is 45.1 Å². The number of benzene rings is 2. The molecule has 0 spiro atoms. The van der Waals surface area contributed by atoms with Crippen molar-refractivity contribution in [1.29, 1.82) is 0 Å². The van der Waals surface area contributed by atoms with Gasteiger partial charge < -0.3 is 4.90 Å². The predicted molar refractivity (Wildman–Crippen MR) is 131 cm³/mol. The number of hydrazone groups is 1. The van der Waals surface area contributed by atoms with Gasteiger partial charge in [-0.2, -0.15) is 5.10 Å². The molecular weight excluding hydrogens is 450 g/mol. The first-order valence-corrected chi connectivity index (χ1v) is 12.2. The highest BCUT2D eigenvalue weighted by Crippen LogP contribution is 2.43. The number of carbonyl (C=O) groups excluding carboxylic acids is 2. The smallest absolute Gasteiger partial charge is 0.240 e. The number of nitrogens with zero attached hydrogens (tertiary/aromatic N) is 4. The summed E-state index contributed by atoms with van der Waals surface area (Å²) < 4.78 is 28.6. The van der Waals surface area contributed by atoms with Crippen LogP contribution in [0.5, 0.6) is 0 Å². The van der Waals surface area contributed by atoms with E-state index >= 15 is 0 Å².